The van der Waals surface area contributed by atoms with E-state index in [4.69, 9.17) is 16.3 Å². The number of benzene rings is 2. The molecule has 94 valence electrons. The van der Waals surface area contributed by atoms with Gasteiger partial charge in [-0.05, 0) is 35.2 Å². The topological polar surface area (TPSA) is 9.23 Å². The van der Waals surface area contributed by atoms with E-state index in [-0.39, 0.29) is 0 Å². The van der Waals surface area contributed by atoms with Crippen molar-refractivity contribution in [1.29, 1.82) is 0 Å². The lowest BCUT2D eigenvalue weighted by molar-refractivity contribution is 0.317. The molecule has 2 aromatic rings. The Morgan fingerprint density at radius 2 is 1.44 bits per heavy atom. The first-order chi connectivity index (χ1) is 8.83. The normalized spacial score (nSPS) is 10.3. The Kier molecular flexibility index (Phi) is 4.66. The molecule has 0 amide bonds. The molecule has 0 saturated carbocycles. The largest absolute Gasteiger partial charge is 0.494 e. The highest BCUT2D eigenvalue weighted by atomic mass is 35.5. The second-order valence-electron chi connectivity index (χ2n) is 4.20. The fraction of sp³-hybridized carbons (Fsp3) is 0.250. The van der Waals surface area contributed by atoms with Crippen LogP contribution in [0.4, 0.5) is 0 Å². The molecule has 0 aliphatic rings. The van der Waals surface area contributed by atoms with Crippen molar-refractivity contribution in [3.8, 4) is 16.9 Å². The number of halogens is 1. The number of rotatable bonds is 5. The predicted molar refractivity (Wildman–Crippen MR) is 77.2 cm³/mol. The maximum Gasteiger partial charge on any atom is 0.119 e. The SMILES string of the molecule is CCCOc1ccc(-c2ccc(CCl)cc2)cc1. The zero-order chi connectivity index (χ0) is 12.8. The Balaban J connectivity index is 2.12. The van der Waals surface area contributed by atoms with Crippen LogP contribution >= 0.6 is 11.6 Å². The van der Waals surface area contributed by atoms with Gasteiger partial charge in [-0.15, -0.1) is 11.6 Å². The summed E-state index contributed by atoms with van der Waals surface area (Å²) in [5.41, 5.74) is 3.54. The molecule has 0 heterocycles. The average Bonchev–Trinajstić information content (AvgIpc) is 2.46. The summed E-state index contributed by atoms with van der Waals surface area (Å²) < 4.78 is 5.57. The molecule has 0 aliphatic carbocycles. The Morgan fingerprint density at radius 1 is 0.889 bits per heavy atom. The number of hydrogen-bond donors (Lipinski definition) is 0. The Hall–Kier alpha value is -1.47. The van der Waals surface area contributed by atoms with Crippen molar-refractivity contribution in [2.24, 2.45) is 0 Å². The lowest BCUT2D eigenvalue weighted by Gasteiger charge is -2.06. The van der Waals surface area contributed by atoms with E-state index in [0.717, 1.165) is 24.3 Å². The fourth-order valence-corrected chi connectivity index (χ4v) is 1.93. The lowest BCUT2D eigenvalue weighted by Crippen LogP contribution is -1.94. The van der Waals surface area contributed by atoms with E-state index in [1.54, 1.807) is 0 Å². The smallest absolute Gasteiger partial charge is 0.119 e. The first-order valence-corrected chi connectivity index (χ1v) is 6.75. The second-order valence-corrected chi connectivity index (χ2v) is 4.47. The summed E-state index contributed by atoms with van der Waals surface area (Å²) in [6.07, 6.45) is 1.03. The average molecular weight is 261 g/mol. The molecule has 0 N–H and O–H groups in total. The van der Waals surface area contributed by atoms with Gasteiger partial charge in [0.25, 0.3) is 0 Å². The second kappa shape index (κ2) is 6.46. The van der Waals surface area contributed by atoms with Crippen LogP contribution in [0.2, 0.25) is 0 Å². The monoisotopic (exact) mass is 260 g/mol. The molecule has 2 heteroatoms. The van der Waals surface area contributed by atoms with Gasteiger partial charge in [0.2, 0.25) is 0 Å². The molecule has 0 atom stereocenters. The van der Waals surface area contributed by atoms with Gasteiger partial charge in [0.05, 0.1) is 6.61 Å². The predicted octanol–water partition coefficient (Wildman–Crippen LogP) is 4.88. The van der Waals surface area contributed by atoms with Gasteiger partial charge < -0.3 is 4.74 Å². The quantitative estimate of drug-likeness (QED) is 0.696. The fourth-order valence-electron chi connectivity index (χ4n) is 1.75. The van der Waals surface area contributed by atoms with Crippen LogP contribution in [0.3, 0.4) is 0 Å². The van der Waals surface area contributed by atoms with Gasteiger partial charge in [-0.1, -0.05) is 43.3 Å². The number of hydrogen-bond acceptors (Lipinski definition) is 1. The van der Waals surface area contributed by atoms with Crippen molar-refractivity contribution in [1.82, 2.24) is 0 Å². The van der Waals surface area contributed by atoms with Crippen LogP contribution in [0, 0.1) is 0 Å². The Bertz CT molecular complexity index is 473. The summed E-state index contributed by atoms with van der Waals surface area (Å²) in [7, 11) is 0. The molecule has 0 fully saturated rings. The molecule has 18 heavy (non-hydrogen) atoms. The third kappa shape index (κ3) is 3.27. The van der Waals surface area contributed by atoms with Gasteiger partial charge in [-0.3, -0.25) is 0 Å². The maximum atomic E-state index is 5.78. The van der Waals surface area contributed by atoms with Gasteiger partial charge in [-0.2, -0.15) is 0 Å². The Labute approximate surface area is 113 Å². The zero-order valence-electron chi connectivity index (χ0n) is 10.5. The number of ether oxygens (including phenoxy) is 1. The number of alkyl halides is 1. The van der Waals surface area contributed by atoms with E-state index in [0.29, 0.717) is 5.88 Å². The van der Waals surface area contributed by atoms with Crippen LogP contribution < -0.4 is 4.74 Å². The van der Waals surface area contributed by atoms with Gasteiger partial charge in [0.1, 0.15) is 5.75 Å². The van der Waals surface area contributed by atoms with Crippen LogP contribution in [0.25, 0.3) is 11.1 Å². The molecule has 0 saturated heterocycles. The van der Waals surface area contributed by atoms with E-state index in [1.807, 2.05) is 12.1 Å². The van der Waals surface area contributed by atoms with Crippen LogP contribution in [-0.4, -0.2) is 6.61 Å². The molecule has 2 rings (SSSR count). The summed E-state index contributed by atoms with van der Waals surface area (Å²) in [5, 5.41) is 0. The van der Waals surface area contributed by atoms with Crippen molar-refractivity contribution in [3.63, 3.8) is 0 Å². The molecule has 0 radical (unpaired) electrons. The zero-order valence-corrected chi connectivity index (χ0v) is 11.3. The molecule has 0 aromatic heterocycles. The van der Waals surface area contributed by atoms with Gasteiger partial charge in [0.15, 0.2) is 0 Å². The van der Waals surface area contributed by atoms with E-state index < -0.39 is 0 Å². The lowest BCUT2D eigenvalue weighted by atomic mass is 10.0. The summed E-state index contributed by atoms with van der Waals surface area (Å²) in [6.45, 7) is 2.87. The first-order valence-electron chi connectivity index (χ1n) is 6.21. The van der Waals surface area contributed by atoms with Gasteiger partial charge in [-0.25, -0.2) is 0 Å². The molecule has 2 aromatic carbocycles. The standard InChI is InChI=1S/C16H17ClO/c1-2-11-18-16-9-7-15(8-10-16)14-5-3-13(12-17)4-6-14/h3-10H,2,11-12H2,1H3. The van der Waals surface area contributed by atoms with Crippen molar-refractivity contribution in [3.05, 3.63) is 54.1 Å². The highest BCUT2D eigenvalue weighted by Crippen LogP contribution is 2.23. The minimum Gasteiger partial charge on any atom is -0.494 e. The van der Waals surface area contributed by atoms with Crippen molar-refractivity contribution >= 4 is 11.6 Å². The highest BCUT2D eigenvalue weighted by molar-refractivity contribution is 6.17. The van der Waals surface area contributed by atoms with Crippen molar-refractivity contribution < 1.29 is 4.74 Å². The summed E-state index contributed by atoms with van der Waals surface area (Å²) in [5.74, 6) is 1.49. The minimum absolute atomic E-state index is 0.560. The van der Waals surface area contributed by atoms with Crippen molar-refractivity contribution in [2.45, 2.75) is 19.2 Å². The molecule has 1 nitrogen and oxygen atoms in total. The molecule has 0 aliphatic heterocycles. The van der Waals surface area contributed by atoms with Crippen LogP contribution in [0.5, 0.6) is 5.75 Å². The summed E-state index contributed by atoms with van der Waals surface area (Å²) in [4.78, 5) is 0. The van der Waals surface area contributed by atoms with E-state index in [9.17, 15) is 0 Å². The first kappa shape index (κ1) is 13.0. The highest BCUT2D eigenvalue weighted by Gasteiger charge is 1.99. The minimum atomic E-state index is 0.560. The van der Waals surface area contributed by atoms with E-state index >= 15 is 0 Å². The summed E-state index contributed by atoms with van der Waals surface area (Å²) >= 11 is 5.78. The molecule has 0 unspecified atom stereocenters. The van der Waals surface area contributed by atoms with Crippen molar-refractivity contribution in [2.75, 3.05) is 6.61 Å². The van der Waals surface area contributed by atoms with Gasteiger partial charge >= 0.3 is 0 Å². The van der Waals surface area contributed by atoms with Crippen LogP contribution in [-0.2, 0) is 5.88 Å². The third-order valence-corrected chi connectivity index (χ3v) is 3.08. The molecule has 0 bridgehead atoms. The van der Waals surface area contributed by atoms with E-state index in [2.05, 4.69) is 43.3 Å². The third-order valence-electron chi connectivity index (χ3n) is 2.77. The molecule has 0 spiro atoms. The van der Waals surface area contributed by atoms with Crippen LogP contribution in [0.15, 0.2) is 48.5 Å². The molecular formula is C16H17ClO. The van der Waals surface area contributed by atoms with Crippen LogP contribution in [0.1, 0.15) is 18.9 Å². The molecular weight excluding hydrogens is 244 g/mol. The maximum absolute atomic E-state index is 5.78. The Morgan fingerprint density at radius 3 is 1.94 bits per heavy atom. The summed E-state index contributed by atoms with van der Waals surface area (Å²) in [6, 6.07) is 16.5. The van der Waals surface area contributed by atoms with Gasteiger partial charge in [0, 0.05) is 5.88 Å². The van der Waals surface area contributed by atoms with E-state index in [1.165, 1.54) is 11.1 Å².